The second kappa shape index (κ2) is 20.0. The molecule has 0 aliphatic heterocycles. The Morgan fingerprint density at radius 3 is 2.05 bits per heavy atom. The zero-order chi connectivity index (χ0) is 30.9. The predicted molar refractivity (Wildman–Crippen MR) is 165 cm³/mol. The molecule has 0 aliphatic rings. The van der Waals surface area contributed by atoms with Gasteiger partial charge in [0.05, 0.1) is 6.54 Å². The van der Waals surface area contributed by atoms with Crippen LogP contribution in [0.3, 0.4) is 0 Å². The second-order valence-corrected chi connectivity index (χ2v) is 14.5. The Bertz CT molecular complexity index is 825. The van der Waals surface area contributed by atoms with Gasteiger partial charge in [-0.3, -0.25) is 24.0 Å². The van der Waals surface area contributed by atoms with Crippen LogP contribution in [-0.4, -0.2) is 96.3 Å². The maximum Gasteiger partial charge on any atom is 0.242 e. The van der Waals surface area contributed by atoms with Crippen molar-refractivity contribution >= 4 is 51.1 Å². The topological polar surface area (TPSA) is 149 Å². The molecule has 2 atom stereocenters. The minimum Gasteiger partial charge on any atom is -0.356 e. The van der Waals surface area contributed by atoms with Crippen molar-refractivity contribution in [3.63, 3.8) is 0 Å². The molecule has 0 spiro atoms. The van der Waals surface area contributed by atoms with Gasteiger partial charge >= 0.3 is 0 Å². The first kappa shape index (κ1) is 38.0. The molecular formula is C27H52N6O5S2. The maximum absolute atomic E-state index is 12.4. The van der Waals surface area contributed by atoms with E-state index in [9.17, 15) is 24.0 Å². The van der Waals surface area contributed by atoms with Crippen LogP contribution in [0.2, 0.25) is 0 Å². The van der Waals surface area contributed by atoms with E-state index in [1.807, 2.05) is 27.7 Å². The summed E-state index contributed by atoms with van der Waals surface area (Å²) in [6, 6.07) is -0.395. The molecule has 0 rings (SSSR count). The predicted octanol–water partition coefficient (Wildman–Crippen LogP) is 1.67. The van der Waals surface area contributed by atoms with E-state index >= 15 is 0 Å². The zero-order valence-corrected chi connectivity index (χ0v) is 27.4. The highest BCUT2D eigenvalue weighted by atomic mass is 33.1. The molecule has 40 heavy (non-hydrogen) atoms. The van der Waals surface area contributed by atoms with Crippen LogP contribution in [0.15, 0.2) is 0 Å². The summed E-state index contributed by atoms with van der Waals surface area (Å²) in [6.45, 7) is 17.2. The third kappa shape index (κ3) is 19.1. The summed E-state index contributed by atoms with van der Waals surface area (Å²) in [6.07, 6.45) is 1.11. The standard InChI is InChI=1S/C27H52N6O5S2/c1-18(2)25(37)31-17-27(7,8)40-39-20(5)10-11-22(34)29-13-12-24(36)33(9)16-23(35)32-21(6)26(38)30-15-14-28-19(3)4/h18-21,28H,10-17H2,1-9H3,(H,29,34)(H,30,38)(H,31,37)(H,32,35)/t20?,21-/m0/s1. The fourth-order valence-corrected chi connectivity index (χ4v) is 5.58. The van der Waals surface area contributed by atoms with E-state index in [1.54, 1.807) is 28.5 Å². The lowest BCUT2D eigenvalue weighted by Crippen LogP contribution is -2.49. The molecule has 0 heterocycles. The van der Waals surface area contributed by atoms with Crippen LogP contribution in [0.25, 0.3) is 0 Å². The highest BCUT2D eigenvalue weighted by Crippen LogP contribution is 2.39. The van der Waals surface area contributed by atoms with Crippen LogP contribution in [0.5, 0.6) is 0 Å². The van der Waals surface area contributed by atoms with Crippen LogP contribution in [0.4, 0.5) is 0 Å². The van der Waals surface area contributed by atoms with Gasteiger partial charge in [-0.25, -0.2) is 0 Å². The zero-order valence-electron chi connectivity index (χ0n) is 25.8. The van der Waals surface area contributed by atoms with Crippen molar-refractivity contribution in [1.29, 1.82) is 0 Å². The fourth-order valence-electron chi connectivity index (χ4n) is 3.07. The summed E-state index contributed by atoms with van der Waals surface area (Å²) in [5.41, 5.74) is 0. The first-order valence-corrected chi connectivity index (χ1v) is 16.2. The molecule has 5 amide bonds. The van der Waals surface area contributed by atoms with Crippen LogP contribution >= 0.6 is 21.6 Å². The Morgan fingerprint density at radius 1 is 0.800 bits per heavy atom. The quantitative estimate of drug-likeness (QED) is 0.104. The third-order valence-corrected chi connectivity index (χ3v) is 9.53. The number of carbonyl (C=O) groups excluding carboxylic acids is 5. The fraction of sp³-hybridized carbons (Fsp3) is 0.815. The van der Waals surface area contributed by atoms with Gasteiger partial charge in [-0.15, -0.1) is 0 Å². The van der Waals surface area contributed by atoms with Gasteiger partial charge in [0.25, 0.3) is 0 Å². The highest BCUT2D eigenvalue weighted by molar-refractivity contribution is 8.77. The molecule has 0 aromatic heterocycles. The smallest absolute Gasteiger partial charge is 0.242 e. The van der Waals surface area contributed by atoms with Crippen molar-refractivity contribution in [1.82, 2.24) is 31.5 Å². The van der Waals surface area contributed by atoms with Crippen LogP contribution in [0.1, 0.15) is 74.7 Å². The summed E-state index contributed by atoms with van der Waals surface area (Å²) < 4.78 is -0.135. The van der Waals surface area contributed by atoms with Gasteiger partial charge in [0.15, 0.2) is 0 Å². The second-order valence-electron chi connectivity index (χ2n) is 11.2. The van der Waals surface area contributed by atoms with Gasteiger partial charge < -0.3 is 31.5 Å². The van der Waals surface area contributed by atoms with Crippen molar-refractivity contribution in [2.75, 3.05) is 39.8 Å². The first-order chi connectivity index (χ1) is 18.5. The molecule has 0 aromatic rings. The summed E-state index contributed by atoms with van der Waals surface area (Å²) in [4.78, 5) is 62.0. The number of nitrogens with one attached hydrogen (secondary N) is 5. The van der Waals surface area contributed by atoms with Crippen LogP contribution in [-0.2, 0) is 24.0 Å². The molecule has 0 saturated carbocycles. The van der Waals surface area contributed by atoms with Gasteiger partial charge in [0.2, 0.25) is 29.5 Å². The number of nitrogens with zero attached hydrogens (tertiary/aromatic N) is 1. The van der Waals surface area contributed by atoms with Crippen molar-refractivity contribution in [3.05, 3.63) is 0 Å². The molecule has 0 aromatic carbocycles. The SMILES string of the molecule is CC(C)NCCNC(=O)[C@H](C)NC(=O)CN(C)C(=O)CCNC(=O)CCC(C)SSC(C)(C)CNC(=O)C(C)C. The number of amides is 5. The molecule has 1 unspecified atom stereocenters. The lowest BCUT2D eigenvalue weighted by atomic mass is 10.1. The van der Waals surface area contributed by atoms with Gasteiger partial charge in [0.1, 0.15) is 6.04 Å². The normalized spacial score (nSPS) is 13.0. The summed E-state index contributed by atoms with van der Waals surface area (Å²) in [5, 5.41) is 14.5. The average molecular weight is 605 g/mol. The Morgan fingerprint density at radius 2 is 1.45 bits per heavy atom. The highest BCUT2D eigenvalue weighted by Gasteiger charge is 2.23. The number of rotatable bonds is 20. The molecule has 0 radical (unpaired) electrons. The monoisotopic (exact) mass is 604 g/mol. The maximum atomic E-state index is 12.4. The van der Waals surface area contributed by atoms with Crippen LogP contribution < -0.4 is 26.6 Å². The van der Waals surface area contributed by atoms with Gasteiger partial charge in [-0.1, -0.05) is 56.2 Å². The number of hydrogen-bond acceptors (Lipinski definition) is 8. The molecule has 0 fully saturated rings. The van der Waals surface area contributed by atoms with E-state index in [1.165, 1.54) is 11.9 Å². The van der Waals surface area contributed by atoms with Crippen molar-refractivity contribution < 1.29 is 24.0 Å². The lowest BCUT2D eigenvalue weighted by molar-refractivity contribution is -0.135. The van der Waals surface area contributed by atoms with Crippen molar-refractivity contribution in [2.24, 2.45) is 5.92 Å². The minimum absolute atomic E-state index is 0.0383. The molecule has 0 bridgehead atoms. The van der Waals surface area contributed by atoms with E-state index in [0.717, 1.165) is 0 Å². The van der Waals surface area contributed by atoms with Crippen LogP contribution in [0, 0.1) is 5.92 Å². The number of carbonyl (C=O) groups is 5. The van der Waals surface area contributed by atoms with E-state index in [0.29, 0.717) is 38.5 Å². The Balaban J connectivity index is 4.17. The van der Waals surface area contributed by atoms with E-state index in [-0.39, 0.29) is 59.1 Å². The Hall–Kier alpha value is -1.99. The number of likely N-dealkylation sites (N-methyl/N-ethyl adjacent to an activating group) is 1. The third-order valence-electron chi connectivity index (χ3n) is 5.64. The average Bonchev–Trinajstić information content (AvgIpc) is 2.86. The van der Waals surface area contributed by atoms with Gasteiger partial charge in [-0.2, -0.15) is 0 Å². The molecule has 11 nitrogen and oxygen atoms in total. The lowest BCUT2D eigenvalue weighted by Gasteiger charge is -2.25. The first-order valence-electron chi connectivity index (χ1n) is 14.0. The van der Waals surface area contributed by atoms with Crippen molar-refractivity contribution in [3.8, 4) is 0 Å². The molecule has 0 aliphatic carbocycles. The Kier molecular flexibility index (Phi) is 19.0. The summed E-state index contributed by atoms with van der Waals surface area (Å²) in [5.74, 6) is -1.14. The van der Waals surface area contributed by atoms with E-state index in [2.05, 4.69) is 47.4 Å². The minimum atomic E-state index is -0.717. The van der Waals surface area contributed by atoms with E-state index in [4.69, 9.17) is 0 Å². The molecule has 5 N–H and O–H groups in total. The summed E-state index contributed by atoms with van der Waals surface area (Å²) >= 11 is 0. The molecule has 13 heteroatoms. The van der Waals surface area contributed by atoms with Gasteiger partial charge in [0, 0.05) is 68.0 Å². The van der Waals surface area contributed by atoms with E-state index < -0.39 is 11.9 Å². The summed E-state index contributed by atoms with van der Waals surface area (Å²) in [7, 11) is 4.90. The molecule has 0 saturated heterocycles. The van der Waals surface area contributed by atoms with Crippen molar-refractivity contribution in [2.45, 2.75) is 96.7 Å². The molecular weight excluding hydrogens is 552 g/mol. The van der Waals surface area contributed by atoms with Gasteiger partial charge in [-0.05, 0) is 27.2 Å². The Labute approximate surface area is 248 Å². The number of hydrogen-bond donors (Lipinski definition) is 5. The molecule has 232 valence electrons. The largest absolute Gasteiger partial charge is 0.356 e.